The zero-order valence-electron chi connectivity index (χ0n) is 13.3. The van der Waals surface area contributed by atoms with Gasteiger partial charge in [0.15, 0.2) is 11.6 Å². The first-order chi connectivity index (χ1) is 12.1. The maximum absolute atomic E-state index is 12.2. The third kappa shape index (κ3) is 3.53. The number of aromatic carboxylic acids is 1. The number of hydrogen-bond acceptors (Lipinski definition) is 5. The fraction of sp³-hybridized carbons (Fsp3) is 0.235. The van der Waals surface area contributed by atoms with Crippen LogP contribution in [0.4, 0.5) is 10.6 Å². The summed E-state index contributed by atoms with van der Waals surface area (Å²) in [5.74, 6) is -0.108. The fourth-order valence-electron chi connectivity index (χ4n) is 2.49. The van der Waals surface area contributed by atoms with Crippen LogP contribution in [-0.4, -0.2) is 53.5 Å². The Balaban J connectivity index is 1.91. The van der Waals surface area contributed by atoms with E-state index in [1.54, 1.807) is 24.3 Å². The van der Waals surface area contributed by atoms with Crippen molar-refractivity contribution in [3.8, 4) is 17.0 Å². The number of carbonyl (C=O) groups excluding carboxylic acids is 1. The van der Waals surface area contributed by atoms with Crippen molar-refractivity contribution in [2.45, 2.75) is 0 Å². The molecule has 25 heavy (non-hydrogen) atoms. The number of carboxylic acids is 1. The van der Waals surface area contributed by atoms with Gasteiger partial charge in [-0.25, -0.2) is 14.6 Å². The number of aliphatic hydroxyl groups excluding tert-OH is 1. The normalized spacial score (nSPS) is 12.9. The lowest BCUT2D eigenvalue weighted by atomic mass is 10.1. The second-order valence-corrected chi connectivity index (χ2v) is 5.36. The van der Waals surface area contributed by atoms with Crippen LogP contribution < -0.4 is 15.0 Å². The minimum absolute atomic E-state index is 0.146. The Morgan fingerprint density at radius 3 is 2.64 bits per heavy atom. The molecule has 8 nitrogen and oxygen atoms in total. The molecule has 2 amide bonds. The van der Waals surface area contributed by atoms with E-state index in [0.29, 0.717) is 30.4 Å². The summed E-state index contributed by atoms with van der Waals surface area (Å²) in [6, 6.07) is 9.46. The number of amides is 2. The van der Waals surface area contributed by atoms with Gasteiger partial charge in [-0.1, -0.05) is 12.1 Å². The smallest absolute Gasteiger partial charge is 0.335 e. The topological polar surface area (TPSA) is 112 Å². The van der Waals surface area contributed by atoms with Gasteiger partial charge in [-0.15, -0.1) is 0 Å². The molecule has 0 bridgehead atoms. The Labute approximate surface area is 143 Å². The molecule has 0 saturated carbocycles. The number of fused-ring (bicyclic) bond motifs is 1. The van der Waals surface area contributed by atoms with Gasteiger partial charge < -0.3 is 20.3 Å². The van der Waals surface area contributed by atoms with Crippen molar-refractivity contribution >= 4 is 17.8 Å². The van der Waals surface area contributed by atoms with Crippen LogP contribution in [-0.2, 0) is 0 Å². The Morgan fingerprint density at radius 2 is 1.96 bits per heavy atom. The first-order valence-corrected chi connectivity index (χ1v) is 7.74. The van der Waals surface area contributed by atoms with Gasteiger partial charge in [0, 0.05) is 12.1 Å². The molecule has 0 aliphatic carbocycles. The van der Waals surface area contributed by atoms with Crippen LogP contribution in [0, 0.1) is 0 Å². The quantitative estimate of drug-likeness (QED) is 0.772. The van der Waals surface area contributed by atoms with E-state index < -0.39 is 5.97 Å². The van der Waals surface area contributed by atoms with Crippen LogP contribution in [0.25, 0.3) is 11.3 Å². The molecule has 130 valence electrons. The van der Waals surface area contributed by atoms with Crippen LogP contribution in [0.15, 0.2) is 36.4 Å². The zero-order valence-corrected chi connectivity index (χ0v) is 13.3. The van der Waals surface area contributed by atoms with Gasteiger partial charge >= 0.3 is 12.0 Å². The van der Waals surface area contributed by atoms with Crippen LogP contribution in [0.3, 0.4) is 0 Å². The van der Waals surface area contributed by atoms with Gasteiger partial charge in [-0.3, -0.25) is 4.90 Å². The van der Waals surface area contributed by atoms with E-state index in [4.69, 9.17) is 14.9 Å². The van der Waals surface area contributed by atoms with Crippen molar-refractivity contribution in [3.05, 3.63) is 42.0 Å². The summed E-state index contributed by atoms with van der Waals surface area (Å²) in [5.41, 5.74) is 1.52. The van der Waals surface area contributed by atoms with Gasteiger partial charge in [-0.05, 0) is 24.3 Å². The SMILES string of the molecule is O=C(O)c1ccc(-c2ccc3c(n2)N(C(=O)NCCO)CCO3)cc1. The van der Waals surface area contributed by atoms with Gasteiger partial charge in [-0.2, -0.15) is 0 Å². The molecule has 0 spiro atoms. The van der Waals surface area contributed by atoms with E-state index >= 15 is 0 Å². The number of carboxylic acid groups (broad SMARTS) is 1. The van der Waals surface area contributed by atoms with E-state index in [0.717, 1.165) is 5.56 Å². The lowest BCUT2D eigenvalue weighted by Crippen LogP contribution is -2.45. The van der Waals surface area contributed by atoms with E-state index in [9.17, 15) is 9.59 Å². The van der Waals surface area contributed by atoms with Crippen LogP contribution >= 0.6 is 0 Å². The number of nitrogens with one attached hydrogen (secondary N) is 1. The minimum atomic E-state index is -0.995. The Kier molecular flexibility index (Phi) is 4.80. The van der Waals surface area contributed by atoms with Crippen molar-refractivity contribution in [3.63, 3.8) is 0 Å². The summed E-state index contributed by atoms with van der Waals surface area (Å²) in [4.78, 5) is 29.1. The zero-order chi connectivity index (χ0) is 17.8. The van der Waals surface area contributed by atoms with Crippen molar-refractivity contribution in [2.75, 3.05) is 31.2 Å². The van der Waals surface area contributed by atoms with Crippen LogP contribution in [0.5, 0.6) is 5.75 Å². The molecule has 1 aromatic heterocycles. The molecular formula is C17H17N3O5. The van der Waals surface area contributed by atoms with Crippen LogP contribution in [0.2, 0.25) is 0 Å². The molecular weight excluding hydrogens is 326 g/mol. The van der Waals surface area contributed by atoms with E-state index in [2.05, 4.69) is 10.3 Å². The molecule has 0 unspecified atom stereocenters. The molecule has 3 rings (SSSR count). The number of rotatable bonds is 4. The van der Waals surface area contributed by atoms with E-state index in [-0.39, 0.29) is 24.7 Å². The maximum atomic E-state index is 12.2. The molecule has 0 saturated heterocycles. The number of anilines is 1. The molecule has 1 aliphatic rings. The number of hydrogen-bond donors (Lipinski definition) is 3. The fourth-order valence-corrected chi connectivity index (χ4v) is 2.49. The van der Waals surface area contributed by atoms with Crippen molar-refractivity contribution in [2.24, 2.45) is 0 Å². The average Bonchev–Trinajstić information content (AvgIpc) is 2.65. The monoisotopic (exact) mass is 343 g/mol. The third-order valence-electron chi connectivity index (χ3n) is 3.73. The molecule has 0 atom stereocenters. The highest BCUT2D eigenvalue weighted by atomic mass is 16.5. The highest BCUT2D eigenvalue weighted by Gasteiger charge is 2.25. The average molecular weight is 343 g/mol. The predicted molar refractivity (Wildman–Crippen MR) is 90.0 cm³/mol. The largest absolute Gasteiger partial charge is 0.488 e. The summed E-state index contributed by atoms with van der Waals surface area (Å²) in [6.07, 6.45) is 0. The molecule has 1 aliphatic heterocycles. The standard InChI is InChI=1S/C17H17N3O5/c21-9-7-18-17(24)20-8-10-25-14-6-5-13(19-15(14)20)11-1-3-12(4-2-11)16(22)23/h1-6,21H,7-10H2,(H,18,24)(H,22,23). The predicted octanol–water partition coefficient (Wildman–Crippen LogP) is 1.35. The summed E-state index contributed by atoms with van der Waals surface area (Å²) < 4.78 is 5.54. The molecule has 2 heterocycles. The van der Waals surface area contributed by atoms with Gasteiger partial charge in [0.05, 0.1) is 24.4 Å². The highest BCUT2D eigenvalue weighted by molar-refractivity contribution is 5.93. The Hall–Kier alpha value is -3.13. The first-order valence-electron chi connectivity index (χ1n) is 7.74. The molecule has 0 fully saturated rings. The lowest BCUT2D eigenvalue weighted by Gasteiger charge is -2.28. The number of pyridine rings is 1. The number of ether oxygens (including phenoxy) is 1. The summed E-state index contributed by atoms with van der Waals surface area (Å²) in [5, 5.41) is 20.4. The number of carbonyl (C=O) groups is 2. The molecule has 3 N–H and O–H groups in total. The third-order valence-corrected chi connectivity index (χ3v) is 3.73. The molecule has 2 aromatic rings. The van der Waals surface area contributed by atoms with Crippen LogP contribution in [0.1, 0.15) is 10.4 Å². The number of benzene rings is 1. The van der Waals surface area contributed by atoms with E-state index in [1.165, 1.54) is 17.0 Å². The summed E-state index contributed by atoms with van der Waals surface area (Å²) in [7, 11) is 0. The second kappa shape index (κ2) is 7.18. The van der Waals surface area contributed by atoms with Crippen molar-refractivity contribution in [1.29, 1.82) is 0 Å². The highest BCUT2D eigenvalue weighted by Crippen LogP contribution is 2.32. The van der Waals surface area contributed by atoms with Gasteiger partial charge in [0.1, 0.15) is 6.61 Å². The molecule has 0 radical (unpaired) electrons. The van der Waals surface area contributed by atoms with Gasteiger partial charge in [0.2, 0.25) is 0 Å². The Morgan fingerprint density at radius 1 is 1.20 bits per heavy atom. The number of nitrogens with zero attached hydrogens (tertiary/aromatic N) is 2. The van der Waals surface area contributed by atoms with Crippen molar-refractivity contribution in [1.82, 2.24) is 10.3 Å². The Bertz CT molecular complexity index is 791. The number of urea groups is 1. The van der Waals surface area contributed by atoms with Crippen molar-refractivity contribution < 1.29 is 24.5 Å². The summed E-state index contributed by atoms with van der Waals surface area (Å²) >= 11 is 0. The van der Waals surface area contributed by atoms with E-state index in [1.807, 2.05) is 0 Å². The molecule has 1 aromatic carbocycles. The number of aromatic nitrogens is 1. The second-order valence-electron chi connectivity index (χ2n) is 5.36. The first kappa shape index (κ1) is 16.7. The summed E-state index contributed by atoms with van der Waals surface area (Å²) in [6.45, 7) is 0.709. The number of aliphatic hydroxyl groups is 1. The minimum Gasteiger partial charge on any atom is -0.488 e. The molecule has 8 heteroatoms. The maximum Gasteiger partial charge on any atom is 0.335 e. The lowest BCUT2D eigenvalue weighted by molar-refractivity contribution is 0.0697. The van der Waals surface area contributed by atoms with Gasteiger partial charge in [0.25, 0.3) is 0 Å².